The van der Waals surface area contributed by atoms with Crippen molar-refractivity contribution in [2.75, 3.05) is 0 Å². The highest BCUT2D eigenvalue weighted by Crippen LogP contribution is 2.47. The molecule has 4 heteroatoms. The minimum atomic E-state index is -0.376. The van der Waals surface area contributed by atoms with Crippen LogP contribution in [0.15, 0.2) is 0 Å². The highest BCUT2D eigenvalue weighted by molar-refractivity contribution is 5.80. The number of carbonyl (C=O) groups is 1. The number of aliphatic hydroxyl groups excluding tert-OH is 1. The molecule has 2 bridgehead atoms. The Bertz CT molecular complexity index is 291. The zero-order valence-electron chi connectivity index (χ0n) is 10.7. The molecule has 2 aliphatic carbocycles. The topological polar surface area (TPSA) is 75.3 Å². The van der Waals surface area contributed by atoms with E-state index in [2.05, 4.69) is 5.32 Å². The minimum Gasteiger partial charge on any atom is -0.393 e. The SMILES string of the molecule is CC(O)CC(C)NC(=O)C1C2CCC(C2)C1N. The van der Waals surface area contributed by atoms with Crippen molar-refractivity contribution in [1.29, 1.82) is 0 Å². The van der Waals surface area contributed by atoms with E-state index >= 15 is 0 Å². The number of hydrogen-bond donors (Lipinski definition) is 3. The van der Waals surface area contributed by atoms with Gasteiger partial charge < -0.3 is 16.2 Å². The molecule has 4 nitrogen and oxygen atoms in total. The first-order valence-corrected chi connectivity index (χ1v) is 6.73. The van der Waals surface area contributed by atoms with E-state index in [0.717, 1.165) is 12.8 Å². The van der Waals surface area contributed by atoms with Gasteiger partial charge in [-0.3, -0.25) is 4.79 Å². The fourth-order valence-corrected chi connectivity index (χ4v) is 3.63. The monoisotopic (exact) mass is 240 g/mol. The molecule has 98 valence electrons. The van der Waals surface area contributed by atoms with Crippen LogP contribution in [0, 0.1) is 17.8 Å². The summed E-state index contributed by atoms with van der Waals surface area (Å²) in [6.07, 6.45) is 3.70. The molecule has 0 aromatic rings. The summed E-state index contributed by atoms with van der Waals surface area (Å²) in [6.45, 7) is 3.68. The van der Waals surface area contributed by atoms with Crippen LogP contribution >= 0.6 is 0 Å². The van der Waals surface area contributed by atoms with Crippen molar-refractivity contribution in [3.05, 3.63) is 0 Å². The van der Waals surface area contributed by atoms with Crippen molar-refractivity contribution in [1.82, 2.24) is 5.32 Å². The van der Waals surface area contributed by atoms with Gasteiger partial charge in [-0.2, -0.15) is 0 Å². The number of aliphatic hydroxyl groups is 1. The molecule has 17 heavy (non-hydrogen) atoms. The smallest absolute Gasteiger partial charge is 0.225 e. The van der Waals surface area contributed by atoms with E-state index in [1.165, 1.54) is 6.42 Å². The summed E-state index contributed by atoms with van der Waals surface area (Å²) in [6, 6.07) is 0.0707. The summed E-state index contributed by atoms with van der Waals surface area (Å²) >= 11 is 0. The summed E-state index contributed by atoms with van der Waals surface area (Å²) in [4.78, 5) is 12.2. The third-order valence-electron chi connectivity index (χ3n) is 4.37. The van der Waals surface area contributed by atoms with Crippen LogP contribution in [0.5, 0.6) is 0 Å². The normalized spacial score (nSPS) is 39.1. The maximum absolute atomic E-state index is 12.2. The number of rotatable bonds is 4. The van der Waals surface area contributed by atoms with Gasteiger partial charge in [0.1, 0.15) is 0 Å². The zero-order valence-corrected chi connectivity index (χ0v) is 10.7. The molecule has 0 aliphatic heterocycles. The Morgan fingerprint density at radius 2 is 2.06 bits per heavy atom. The second-order valence-electron chi connectivity index (χ2n) is 5.93. The van der Waals surface area contributed by atoms with Crippen LogP contribution in [0.4, 0.5) is 0 Å². The van der Waals surface area contributed by atoms with E-state index < -0.39 is 0 Å². The molecule has 0 aromatic heterocycles. The van der Waals surface area contributed by atoms with Gasteiger partial charge in [-0.05, 0) is 51.4 Å². The molecule has 6 atom stereocenters. The molecule has 2 saturated carbocycles. The Labute approximate surface area is 103 Å². The Balaban J connectivity index is 1.88. The molecular weight excluding hydrogens is 216 g/mol. The van der Waals surface area contributed by atoms with Gasteiger partial charge in [0.2, 0.25) is 5.91 Å². The molecule has 6 unspecified atom stereocenters. The van der Waals surface area contributed by atoms with E-state index in [0.29, 0.717) is 18.3 Å². The van der Waals surface area contributed by atoms with Crippen LogP contribution in [-0.2, 0) is 4.79 Å². The van der Waals surface area contributed by atoms with Crippen LogP contribution in [0.3, 0.4) is 0 Å². The van der Waals surface area contributed by atoms with E-state index in [-0.39, 0.29) is 30.0 Å². The lowest BCUT2D eigenvalue weighted by Gasteiger charge is -2.28. The summed E-state index contributed by atoms with van der Waals surface area (Å²) in [5, 5.41) is 12.3. The van der Waals surface area contributed by atoms with Crippen LogP contribution in [-0.4, -0.2) is 29.2 Å². The van der Waals surface area contributed by atoms with Gasteiger partial charge in [0, 0.05) is 12.1 Å². The Morgan fingerprint density at radius 1 is 1.41 bits per heavy atom. The molecule has 0 saturated heterocycles. The van der Waals surface area contributed by atoms with Gasteiger partial charge in [-0.15, -0.1) is 0 Å². The molecule has 2 aliphatic rings. The van der Waals surface area contributed by atoms with E-state index in [1.54, 1.807) is 6.92 Å². The third kappa shape index (κ3) is 2.63. The van der Waals surface area contributed by atoms with Crippen LogP contribution in [0.1, 0.15) is 39.5 Å². The quantitative estimate of drug-likeness (QED) is 0.675. The lowest BCUT2D eigenvalue weighted by molar-refractivity contribution is -0.127. The summed E-state index contributed by atoms with van der Waals surface area (Å²) in [5.74, 6) is 1.15. The first-order valence-electron chi connectivity index (χ1n) is 6.73. The van der Waals surface area contributed by atoms with Crippen molar-refractivity contribution in [3.63, 3.8) is 0 Å². The fourth-order valence-electron chi connectivity index (χ4n) is 3.63. The van der Waals surface area contributed by atoms with Gasteiger partial charge in [-0.1, -0.05) is 0 Å². The summed E-state index contributed by atoms with van der Waals surface area (Å²) in [5.41, 5.74) is 6.13. The average Bonchev–Trinajstić information content (AvgIpc) is 2.75. The van der Waals surface area contributed by atoms with Crippen molar-refractivity contribution >= 4 is 5.91 Å². The second kappa shape index (κ2) is 4.94. The molecule has 0 heterocycles. The lowest BCUT2D eigenvalue weighted by Crippen LogP contribution is -2.47. The van der Waals surface area contributed by atoms with E-state index in [1.807, 2.05) is 6.92 Å². The molecule has 2 fully saturated rings. The largest absolute Gasteiger partial charge is 0.393 e. The molecular formula is C13H24N2O2. The number of fused-ring (bicyclic) bond motifs is 2. The van der Waals surface area contributed by atoms with Gasteiger partial charge in [-0.25, -0.2) is 0 Å². The standard InChI is InChI=1S/C13H24N2O2/c1-7(5-8(2)16)15-13(17)11-9-3-4-10(6-9)12(11)14/h7-12,16H,3-6,14H2,1-2H3,(H,15,17). The molecule has 0 aromatic carbocycles. The first-order chi connectivity index (χ1) is 7.99. The summed E-state index contributed by atoms with van der Waals surface area (Å²) < 4.78 is 0. The van der Waals surface area contributed by atoms with Gasteiger partial charge in [0.05, 0.1) is 12.0 Å². The van der Waals surface area contributed by atoms with Crippen molar-refractivity contribution < 1.29 is 9.90 Å². The van der Waals surface area contributed by atoms with Gasteiger partial charge >= 0.3 is 0 Å². The second-order valence-corrected chi connectivity index (χ2v) is 5.93. The molecule has 4 N–H and O–H groups in total. The number of nitrogens with one attached hydrogen (secondary N) is 1. The van der Waals surface area contributed by atoms with Crippen molar-refractivity contribution in [2.45, 2.75) is 57.7 Å². The molecule has 2 rings (SSSR count). The minimum absolute atomic E-state index is 0.00481. The Hall–Kier alpha value is -0.610. The third-order valence-corrected chi connectivity index (χ3v) is 4.37. The number of amides is 1. The first kappa shape index (κ1) is 12.8. The highest BCUT2D eigenvalue weighted by atomic mass is 16.3. The lowest BCUT2D eigenvalue weighted by atomic mass is 9.84. The summed E-state index contributed by atoms with van der Waals surface area (Å²) in [7, 11) is 0. The van der Waals surface area contributed by atoms with Crippen molar-refractivity contribution in [3.8, 4) is 0 Å². The maximum atomic E-state index is 12.2. The zero-order chi connectivity index (χ0) is 12.6. The van der Waals surface area contributed by atoms with Crippen LogP contribution in [0.25, 0.3) is 0 Å². The molecule has 0 radical (unpaired) electrons. The molecule has 1 amide bonds. The number of carbonyl (C=O) groups excluding carboxylic acids is 1. The van der Waals surface area contributed by atoms with Gasteiger partial charge in [0.15, 0.2) is 0 Å². The van der Waals surface area contributed by atoms with E-state index in [4.69, 9.17) is 5.73 Å². The number of hydrogen-bond acceptors (Lipinski definition) is 3. The predicted octanol–water partition coefficient (Wildman–Crippen LogP) is 0.635. The van der Waals surface area contributed by atoms with Crippen LogP contribution < -0.4 is 11.1 Å². The Kier molecular flexibility index (Phi) is 3.73. The van der Waals surface area contributed by atoms with Gasteiger partial charge in [0.25, 0.3) is 0 Å². The number of nitrogens with two attached hydrogens (primary N) is 1. The Morgan fingerprint density at radius 3 is 2.59 bits per heavy atom. The maximum Gasteiger partial charge on any atom is 0.225 e. The van der Waals surface area contributed by atoms with Crippen LogP contribution in [0.2, 0.25) is 0 Å². The fraction of sp³-hybridized carbons (Fsp3) is 0.923. The highest BCUT2D eigenvalue weighted by Gasteiger charge is 2.49. The average molecular weight is 240 g/mol. The predicted molar refractivity (Wildman–Crippen MR) is 66.2 cm³/mol. The van der Waals surface area contributed by atoms with Crippen molar-refractivity contribution in [2.24, 2.45) is 23.5 Å². The molecule has 0 spiro atoms. The van der Waals surface area contributed by atoms with E-state index in [9.17, 15) is 9.90 Å².